The minimum atomic E-state index is -0.121. The zero-order valence-electron chi connectivity index (χ0n) is 18.9. The lowest BCUT2D eigenvalue weighted by Gasteiger charge is -2.27. The summed E-state index contributed by atoms with van der Waals surface area (Å²) in [6.07, 6.45) is 1.30. The highest BCUT2D eigenvalue weighted by molar-refractivity contribution is 5.46. The summed E-state index contributed by atoms with van der Waals surface area (Å²) in [5.74, 6) is 2.60. The standard InChI is InChI=1S/C28H28O6/c1-7-22(30-15-25-17-32-25)8-2-19(1)28(20-3-9-23(10-4-20)31-16-26-18-33-26)21-5-11-24(12-6-21)34-27-13-14-29-27/h1-12,25-28H,13-18H2/t25?,26?,27-,28?/m1/s1. The first-order valence-electron chi connectivity index (χ1n) is 11.9. The van der Waals surface area contributed by atoms with Crippen molar-refractivity contribution in [3.05, 3.63) is 89.5 Å². The molecule has 0 N–H and O–H groups in total. The topological polar surface area (TPSA) is 62.0 Å². The summed E-state index contributed by atoms with van der Waals surface area (Å²) in [6, 6.07) is 25.0. The van der Waals surface area contributed by atoms with Gasteiger partial charge in [0.05, 0.1) is 19.8 Å². The molecule has 3 fully saturated rings. The highest BCUT2D eigenvalue weighted by Crippen LogP contribution is 2.35. The van der Waals surface area contributed by atoms with Crippen LogP contribution in [0.15, 0.2) is 72.8 Å². The maximum atomic E-state index is 5.85. The summed E-state index contributed by atoms with van der Waals surface area (Å²) in [5, 5.41) is 0. The first-order chi connectivity index (χ1) is 16.8. The van der Waals surface area contributed by atoms with Crippen molar-refractivity contribution in [1.82, 2.24) is 0 Å². The van der Waals surface area contributed by atoms with E-state index < -0.39 is 0 Å². The highest BCUT2D eigenvalue weighted by Gasteiger charge is 2.24. The third kappa shape index (κ3) is 5.36. The number of ether oxygens (including phenoxy) is 6. The van der Waals surface area contributed by atoms with E-state index in [1.165, 1.54) is 16.7 Å². The molecule has 6 rings (SSSR count). The summed E-state index contributed by atoms with van der Waals surface area (Å²) in [7, 11) is 0. The molecule has 3 aromatic rings. The number of benzene rings is 3. The van der Waals surface area contributed by atoms with Gasteiger partial charge in [-0.3, -0.25) is 0 Å². The van der Waals surface area contributed by atoms with Gasteiger partial charge in [0, 0.05) is 12.3 Å². The van der Waals surface area contributed by atoms with Crippen LogP contribution in [0.25, 0.3) is 0 Å². The Kier molecular flexibility index (Phi) is 6.10. The summed E-state index contributed by atoms with van der Waals surface area (Å²) in [5.41, 5.74) is 3.55. The fourth-order valence-electron chi connectivity index (χ4n) is 3.99. The van der Waals surface area contributed by atoms with Gasteiger partial charge in [-0.1, -0.05) is 36.4 Å². The maximum absolute atomic E-state index is 5.85. The van der Waals surface area contributed by atoms with E-state index in [-0.39, 0.29) is 24.4 Å². The Hall–Kier alpha value is -3.06. The van der Waals surface area contributed by atoms with Crippen LogP contribution in [0.1, 0.15) is 29.0 Å². The molecule has 0 amide bonds. The number of hydrogen-bond donors (Lipinski definition) is 0. The van der Waals surface area contributed by atoms with Gasteiger partial charge in [0.25, 0.3) is 0 Å². The van der Waals surface area contributed by atoms with Crippen LogP contribution in [0.2, 0.25) is 0 Å². The largest absolute Gasteiger partial charge is 0.491 e. The van der Waals surface area contributed by atoms with Crippen LogP contribution < -0.4 is 14.2 Å². The van der Waals surface area contributed by atoms with E-state index in [0.29, 0.717) is 13.2 Å². The average molecular weight is 461 g/mol. The van der Waals surface area contributed by atoms with Gasteiger partial charge in [-0.2, -0.15) is 0 Å². The van der Waals surface area contributed by atoms with Crippen LogP contribution in [0, 0.1) is 0 Å². The van der Waals surface area contributed by atoms with Crippen LogP contribution >= 0.6 is 0 Å². The molecule has 3 atom stereocenters. The van der Waals surface area contributed by atoms with Gasteiger partial charge >= 0.3 is 0 Å². The second-order valence-corrected chi connectivity index (χ2v) is 8.88. The van der Waals surface area contributed by atoms with Crippen molar-refractivity contribution in [1.29, 1.82) is 0 Å². The monoisotopic (exact) mass is 460 g/mol. The molecule has 3 aliphatic rings. The number of epoxide rings is 2. The predicted octanol–water partition coefficient (Wildman–Crippen LogP) is 4.55. The van der Waals surface area contributed by atoms with Gasteiger partial charge in [0.1, 0.15) is 42.7 Å². The molecule has 3 aromatic carbocycles. The molecule has 0 aromatic heterocycles. The molecule has 34 heavy (non-hydrogen) atoms. The SMILES string of the molecule is c1cc(C(c2ccc(OCC3CO3)cc2)c2ccc(O[C@@H]3CCO3)cc2)ccc1OCC1CO1. The quantitative estimate of drug-likeness (QED) is 0.309. The Morgan fingerprint density at radius 1 is 0.618 bits per heavy atom. The Morgan fingerprint density at radius 2 is 1.03 bits per heavy atom. The van der Waals surface area contributed by atoms with Crippen molar-refractivity contribution in [3.63, 3.8) is 0 Å². The number of rotatable bonds is 11. The molecular formula is C28H28O6. The first-order valence-corrected chi connectivity index (χ1v) is 11.9. The van der Waals surface area contributed by atoms with Crippen molar-refractivity contribution in [2.75, 3.05) is 33.0 Å². The molecule has 6 heteroatoms. The lowest BCUT2D eigenvalue weighted by molar-refractivity contribution is -0.165. The zero-order valence-corrected chi connectivity index (χ0v) is 18.9. The lowest BCUT2D eigenvalue weighted by Crippen LogP contribution is -2.32. The minimum absolute atomic E-state index is 0.0654. The van der Waals surface area contributed by atoms with Gasteiger partial charge < -0.3 is 28.4 Å². The van der Waals surface area contributed by atoms with Crippen LogP contribution in [0.3, 0.4) is 0 Å². The van der Waals surface area contributed by atoms with Gasteiger partial charge in [0.15, 0.2) is 0 Å². The van der Waals surface area contributed by atoms with E-state index in [2.05, 4.69) is 36.4 Å². The van der Waals surface area contributed by atoms with E-state index in [1.807, 2.05) is 36.4 Å². The lowest BCUT2D eigenvalue weighted by atomic mass is 9.85. The second kappa shape index (κ2) is 9.66. The molecule has 0 spiro atoms. The van der Waals surface area contributed by atoms with Crippen LogP contribution in [0.5, 0.6) is 17.2 Å². The van der Waals surface area contributed by atoms with E-state index in [9.17, 15) is 0 Å². The maximum Gasteiger partial charge on any atom is 0.202 e. The van der Waals surface area contributed by atoms with Gasteiger partial charge in [0.2, 0.25) is 6.29 Å². The summed E-state index contributed by atoms with van der Waals surface area (Å²) in [6.45, 7) is 3.55. The molecule has 0 aliphatic carbocycles. The van der Waals surface area contributed by atoms with Gasteiger partial charge in [-0.25, -0.2) is 0 Å². The fourth-order valence-corrected chi connectivity index (χ4v) is 3.99. The van der Waals surface area contributed by atoms with Crippen LogP contribution in [0.4, 0.5) is 0 Å². The third-order valence-electron chi connectivity index (χ3n) is 6.24. The van der Waals surface area contributed by atoms with Crippen molar-refractivity contribution >= 4 is 0 Å². The molecule has 3 saturated heterocycles. The van der Waals surface area contributed by atoms with E-state index in [4.69, 9.17) is 28.4 Å². The van der Waals surface area contributed by atoms with Gasteiger partial charge in [-0.05, 0) is 53.1 Å². The Morgan fingerprint density at radius 3 is 1.38 bits per heavy atom. The smallest absolute Gasteiger partial charge is 0.202 e. The van der Waals surface area contributed by atoms with Crippen LogP contribution in [-0.2, 0) is 14.2 Å². The molecule has 0 bridgehead atoms. The van der Waals surface area contributed by atoms with Crippen molar-refractivity contribution < 1.29 is 28.4 Å². The first kappa shape index (κ1) is 21.5. The Balaban J connectivity index is 1.23. The highest BCUT2D eigenvalue weighted by atomic mass is 16.7. The molecule has 2 unspecified atom stereocenters. The average Bonchev–Trinajstić information content (AvgIpc) is 3.77. The molecule has 176 valence electrons. The molecular weight excluding hydrogens is 432 g/mol. The number of hydrogen-bond acceptors (Lipinski definition) is 6. The molecule has 0 radical (unpaired) electrons. The van der Waals surface area contributed by atoms with E-state index in [1.54, 1.807) is 0 Å². The predicted molar refractivity (Wildman–Crippen MR) is 126 cm³/mol. The van der Waals surface area contributed by atoms with E-state index >= 15 is 0 Å². The normalized spacial score (nSPS) is 23.5. The molecule has 3 heterocycles. The van der Waals surface area contributed by atoms with E-state index in [0.717, 1.165) is 43.5 Å². The molecule has 6 nitrogen and oxygen atoms in total. The summed E-state index contributed by atoms with van der Waals surface area (Å²) in [4.78, 5) is 0. The third-order valence-corrected chi connectivity index (χ3v) is 6.24. The summed E-state index contributed by atoms with van der Waals surface area (Å²) >= 11 is 0. The van der Waals surface area contributed by atoms with Gasteiger partial charge in [-0.15, -0.1) is 0 Å². The molecule has 0 saturated carbocycles. The van der Waals surface area contributed by atoms with Crippen molar-refractivity contribution in [2.45, 2.75) is 30.8 Å². The van der Waals surface area contributed by atoms with Crippen molar-refractivity contribution in [3.8, 4) is 17.2 Å². The second-order valence-electron chi connectivity index (χ2n) is 8.88. The Labute approximate surface area is 199 Å². The Bertz CT molecular complexity index is 1010. The van der Waals surface area contributed by atoms with Crippen LogP contribution in [-0.4, -0.2) is 51.5 Å². The zero-order chi connectivity index (χ0) is 22.7. The summed E-state index contributed by atoms with van der Waals surface area (Å²) < 4.78 is 33.4. The fraction of sp³-hybridized carbons (Fsp3) is 0.357. The molecule has 3 aliphatic heterocycles. The minimum Gasteiger partial charge on any atom is -0.491 e. The van der Waals surface area contributed by atoms with Crippen molar-refractivity contribution in [2.24, 2.45) is 0 Å².